The van der Waals surface area contributed by atoms with Gasteiger partial charge < -0.3 is 5.32 Å². The Hall–Kier alpha value is -2.94. The fourth-order valence-electron chi connectivity index (χ4n) is 6.20. The number of nitrogens with zero attached hydrogens (tertiary/aromatic N) is 2. The number of nitriles is 1. The third kappa shape index (κ3) is 1.99. The van der Waals surface area contributed by atoms with Crippen molar-refractivity contribution in [2.24, 2.45) is 17.8 Å². The maximum Gasteiger partial charge on any atom is 0.148 e. The van der Waals surface area contributed by atoms with Crippen molar-refractivity contribution in [1.82, 2.24) is 10.2 Å². The molecule has 2 fully saturated rings. The Labute approximate surface area is 160 Å². The first kappa shape index (κ1) is 16.1. The first-order valence-corrected chi connectivity index (χ1v) is 9.77. The summed E-state index contributed by atoms with van der Waals surface area (Å²) in [5.41, 5.74) is 3.20. The van der Waals surface area contributed by atoms with E-state index in [1.165, 1.54) is 25.0 Å². The first-order chi connectivity index (χ1) is 13.7. The minimum absolute atomic E-state index is 0.0376. The number of halogens is 2. The molecule has 0 radical (unpaired) electrons. The lowest BCUT2D eigenvalue weighted by molar-refractivity contribution is 0.247. The molecule has 2 saturated carbocycles. The number of fused-ring (bicyclic) bond motifs is 9. The highest BCUT2D eigenvalue weighted by atomic mass is 19.1. The predicted octanol–water partition coefficient (Wildman–Crippen LogP) is 5.01. The second-order valence-electron chi connectivity index (χ2n) is 8.39. The van der Waals surface area contributed by atoms with E-state index in [0.29, 0.717) is 23.4 Å². The Morgan fingerprint density at radius 2 is 1.96 bits per heavy atom. The zero-order valence-electron chi connectivity index (χ0n) is 15.0. The summed E-state index contributed by atoms with van der Waals surface area (Å²) < 4.78 is 28.9. The molecule has 2 aromatic carbocycles. The SMILES string of the molecule is N#Cc1cc(C2Nc3c(F)cc4[nH]ncc4c3C3C4CCC(C4)C23)ccc1F. The molecule has 4 nitrogen and oxygen atoms in total. The van der Waals surface area contributed by atoms with E-state index in [-0.39, 0.29) is 23.3 Å². The molecule has 1 aromatic heterocycles. The molecule has 0 spiro atoms. The fraction of sp³-hybridized carbons (Fsp3) is 0.364. The molecule has 6 heteroatoms. The number of hydrogen-bond acceptors (Lipinski definition) is 3. The molecule has 140 valence electrons. The van der Waals surface area contributed by atoms with Gasteiger partial charge in [-0.1, -0.05) is 6.07 Å². The Balaban J connectivity index is 1.57. The van der Waals surface area contributed by atoms with Crippen LogP contribution in [0.1, 0.15) is 47.9 Å². The van der Waals surface area contributed by atoms with E-state index < -0.39 is 5.82 Å². The Kier molecular flexibility index (Phi) is 3.18. The highest BCUT2D eigenvalue weighted by Gasteiger charge is 2.54. The lowest BCUT2D eigenvalue weighted by Crippen LogP contribution is -2.36. The summed E-state index contributed by atoms with van der Waals surface area (Å²) in [6, 6.07) is 8.00. The largest absolute Gasteiger partial charge is 0.375 e. The van der Waals surface area contributed by atoms with Crippen molar-refractivity contribution >= 4 is 16.6 Å². The summed E-state index contributed by atoms with van der Waals surface area (Å²) in [5.74, 6) is 0.851. The quantitative estimate of drug-likeness (QED) is 0.627. The van der Waals surface area contributed by atoms with Crippen LogP contribution in [0.2, 0.25) is 0 Å². The number of hydrogen-bond donors (Lipinski definition) is 2. The van der Waals surface area contributed by atoms with Crippen molar-refractivity contribution in [3.8, 4) is 6.07 Å². The van der Waals surface area contributed by atoms with Crippen LogP contribution in [0, 0.1) is 40.7 Å². The molecular weight excluding hydrogens is 358 g/mol. The molecule has 5 atom stereocenters. The summed E-state index contributed by atoms with van der Waals surface area (Å²) in [5, 5.41) is 20.7. The van der Waals surface area contributed by atoms with E-state index in [1.807, 2.05) is 6.07 Å². The molecule has 0 saturated heterocycles. The van der Waals surface area contributed by atoms with E-state index in [9.17, 15) is 9.65 Å². The Morgan fingerprint density at radius 1 is 1.11 bits per heavy atom. The highest BCUT2D eigenvalue weighted by Crippen LogP contribution is 2.64. The lowest BCUT2D eigenvalue weighted by atomic mass is 9.67. The van der Waals surface area contributed by atoms with Crippen LogP contribution in [0.5, 0.6) is 0 Å². The van der Waals surface area contributed by atoms with Gasteiger partial charge in [-0.15, -0.1) is 0 Å². The highest BCUT2D eigenvalue weighted by molar-refractivity contribution is 5.89. The van der Waals surface area contributed by atoms with Crippen molar-refractivity contribution in [1.29, 1.82) is 5.26 Å². The molecule has 6 rings (SSSR count). The maximum absolute atomic E-state index is 15.1. The molecular formula is C22H18F2N4. The van der Waals surface area contributed by atoms with Crippen LogP contribution in [-0.4, -0.2) is 10.2 Å². The number of aromatic nitrogens is 2. The zero-order chi connectivity index (χ0) is 19.0. The molecule has 5 unspecified atom stereocenters. The van der Waals surface area contributed by atoms with Gasteiger partial charge >= 0.3 is 0 Å². The van der Waals surface area contributed by atoms with Gasteiger partial charge in [0, 0.05) is 11.5 Å². The number of aromatic amines is 1. The molecule has 2 bridgehead atoms. The van der Waals surface area contributed by atoms with Crippen LogP contribution in [0.25, 0.3) is 10.9 Å². The minimum atomic E-state index is -0.516. The van der Waals surface area contributed by atoms with Gasteiger partial charge in [-0.25, -0.2) is 8.78 Å². The predicted molar refractivity (Wildman–Crippen MR) is 101 cm³/mol. The van der Waals surface area contributed by atoms with Crippen LogP contribution in [0.15, 0.2) is 30.5 Å². The second-order valence-corrected chi connectivity index (χ2v) is 8.39. The van der Waals surface area contributed by atoms with Gasteiger partial charge in [0.25, 0.3) is 0 Å². The van der Waals surface area contributed by atoms with Gasteiger partial charge in [0.2, 0.25) is 0 Å². The van der Waals surface area contributed by atoms with Crippen molar-refractivity contribution in [2.75, 3.05) is 5.32 Å². The molecule has 1 aliphatic heterocycles. The molecule has 0 amide bonds. The lowest BCUT2D eigenvalue weighted by Gasteiger charge is -2.43. The van der Waals surface area contributed by atoms with E-state index >= 15 is 4.39 Å². The number of rotatable bonds is 1. The van der Waals surface area contributed by atoms with Crippen molar-refractivity contribution in [3.05, 3.63) is 58.8 Å². The van der Waals surface area contributed by atoms with Gasteiger partial charge in [0.05, 0.1) is 29.0 Å². The third-order valence-corrected chi connectivity index (χ3v) is 7.21. The smallest absolute Gasteiger partial charge is 0.148 e. The van der Waals surface area contributed by atoms with Gasteiger partial charge in [-0.3, -0.25) is 5.10 Å². The van der Waals surface area contributed by atoms with Crippen LogP contribution < -0.4 is 5.32 Å². The van der Waals surface area contributed by atoms with Crippen LogP contribution in [0.4, 0.5) is 14.5 Å². The Bertz CT molecular complexity index is 1160. The van der Waals surface area contributed by atoms with Crippen molar-refractivity contribution in [2.45, 2.75) is 31.2 Å². The maximum atomic E-state index is 15.1. The molecule has 2 heterocycles. The summed E-state index contributed by atoms with van der Waals surface area (Å²) in [7, 11) is 0. The minimum Gasteiger partial charge on any atom is -0.375 e. The van der Waals surface area contributed by atoms with E-state index in [4.69, 9.17) is 0 Å². The monoisotopic (exact) mass is 376 g/mol. The summed E-state index contributed by atoms with van der Waals surface area (Å²) >= 11 is 0. The first-order valence-electron chi connectivity index (χ1n) is 9.77. The second kappa shape index (κ2) is 5.54. The topological polar surface area (TPSA) is 64.5 Å². The van der Waals surface area contributed by atoms with E-state index in [2.05, 4.69) is 15.5 Å². The third-order valence-electron chi connectivity index (χ3n) is 7.21. The molecule has 3 aliphatic rings. The van der Waals surface area contributed by atoms with E-state index in [0.717, 1.165) is 28.5 Å². The van der Waals surface area contributed by atoms with Crippen LogP contribution in [0.3, 0.4) is 0 Å². The number of nitrogens with one attached hydrogen (secondary N) is 2. The number of H-pyrrole nitrogens is 1. The normalized spacial score (nSPS) is 30.0. The summed E-state index contributed by atoms with van der Waals surface area (Å²) in [6.07, 6.45) is 5.29. The molecule has 2 aliphatic carbocycles. The van der Waals surface area contributed by atoms with Crippen molar-refractivity contribution in [3.63, 3.8) is 0 Å². The Morgan fingerprint density at radius 3 is 2.82 bits per heavy atom. The average molecular weight is 376 g/mol. The molecule has 28 heavy (non-hydrogen) atoms. The number of anilines is 1. The molecule has 2 N–H and O–H groups in total. The fourth-order valence-corrected chi connectivity index (χ4v) is 6.20. The van der Waals surface area contributed by atoms with Gasteiger partial charge in [0.15, 0.2) is 0 Å². The van der Waals surface area contributed by atoms with Gasteiger partial charge in [0.1, 0.15) is 17.7 Å². The zero-order valence-corrected chi connectivity index (χ0v) is 15.0. The number of benzene rings is 2. The van der Waals surface area contributed by atoms with Gasteiger partial charge in [-0.05, 0) is 66.2 Å². The molecule has 3 aromatic rings. The summed E-state index contributed by atoms with van der Waals surface area (Å²) in [6.45, 7) is 0. The van der Waals surface area contributed by atoms with Gasteiger partial charge in [-0.2, -0.15) is 10.4 Å². The summed E-state index contributed by atoms with van der Waals surface area (Å²) in [4.78, 5) is 0. The van der Waals surface area contributed by atoms with Crippen LogP contribution in [-0.2, 0) is 0 Å². The van der Waals surface area contributed by atoms with Crippen LogP contribution >= 0.6 is 0 Å². The van der Waals surface area contributed by atoms with E-state index in [1.54, 1.807) is 18.3 Å². The van der Waals surface area contributed by atoms with Crippen molar-refractivity contribution < 1.29 is 8.78 Å². The standard InChI is InChI=1S/C22H18F2N4/c23-15-4-3-12(6-13(15)8-25)21-19-11-2-1-10(5-11)18(19)20-14-9-26-28-17(14)7-16(24)22(20)27-21/h3-4,6-7,9-11,18-19,21,27H,1-2,5H2,(H,26,28). The average Bonchev–Trinajstić information content (AvgIpc) is 3.44.